The van der Waals surface area contributed by atoms with Gasteiger partial charge < -0.3 is 233 Å². The van der Waals surface area contributed by atoms with Crippen molar-refractivity contribution in [2.24, 2.45) is 56.2 Å². The predicted molar refractivity (Wildman–Crippen MR) is 482 cm³/mol. The van der Waals surface area contributed by atoms with E-state index in [9.17, 15) is 143 Å². The summed E-state index contributed by atoms with van der Waals surface area (Å²) in [5, 5.41) is 305. The van der Waals surface area contributed by atoms with Crippen LogP contribution in [0.1, 0.15) is 147 Å². The van der Waals surface area contributed by atoms with E-state index < -0.39 is 421 Å². The highest BCUT2D eigenvalue weighted by molar-refractivity contribution is 5.88. The number of aliphatic hydroxyl groups excluding tert-OH is 27. The first-order valence-corrected chi connectivity index (χ1v) is 50.3. The van der Waals surface area contributed by atoms with Crippen LogP contribution in [0.4, 0.5) is 0 Å². The molecule has 27 N–H and O–H groups in total. The lowest BCUT2D eigenvalue weighted by atomic mass is 9.33. The third kappa shape index (κ3) is 22.0. The molecule has 56 atom stereocenters. The van der Waals surface area contributed by atoms with Crippen LogP contribution in [0.3, 0.4) is 0 Å². The fourth-order valence-electron chi connectivity index (χ4n) is 24.9. The molecule has 5 aliphatic carbocycles. The molecule has 0 bridgehead atoms. The zero-order valence-electron chi connectivity index (χ0n) is 83.5. The van der Waals surface area contributed by atoms with Gasteiger partial charge in [0.05, 0.1) is 94.9 Å². The quantitative estimate of drug-likeness (QED) is 0.00978. The van der Waals surface area contributed by atoms with Crippen LogP contribution in [0.25, 0.3) is 0 Å². The summed E-state index contributed by atoms with van der Waals surface area (Å²) in [5.74, 6) is -5.86. The summed E-state index contributed by atoms with van der Waals surface area (Å²) in [4.78, 5) is 45.6. The maximum atomic E-state index is 17.1. The van der Waals surface area contributed by atoms with Crippen LogP contribution >= 0.6 is 0 Å². The molecule has 50 nitrogen and oxygen atoms in total. The zero-order valence-corrected chi connectivity index (χ0v) is 83.5. The molecule has 838 valence electrons. The molecule has 146 heavy (non-hydrogen) atoms. The van der Waals surface area contributed by atoms with E-state index in [1.54, 1.807) is 41.5 Å². The summed E-state index contributed by atoms with van der Waals surface area (Å²) in [5.41, 5.74) is -9.05. The van der Waals surface area contributed by atoms with Gasteiger partial charge in [-0.25, -0.2) is 4.79 Å². The van der Waals surface area contributed by atoms with Gasteiger partial charge >= 0.3 is 17.9 Å². The Labute approximate surface area is 841 Å². The fourth-order valence-corrected chi connectivity index (χ4v) is 24.9. The number of esters is 3. The maximum absolute atomic E-state index is 17.1. The van der Waals surface area contributed by atoms with Gasteiger partial charge in [0.25, 0.3) is 0 Å². The highest BCUT2D eigenvalue weighted by Crippen LogP contribution is 2.77. The first kappa shape index (κ1) is 117. The molecular formula is C96H154O50. The van der Waals surface area contributed by atoms with E-state index in [2.05, 4.69) is 6.58 Å². The number of rotatable bonds is 32. The number of carbonyl (C=O) groups is 3. The Bertz CT molecular complexity index is 4410. The Hall–Kier alpha value is -4.13. The van der Waals surface area contributed by atoms with Gasteiger partial charge in [-0.15, -0.1) is 6.58 Å². The van der Waals surface area contributed by atoms with Crippen LogP contribution < -0.4 is 0 Å². The Balaban J connectivity index is 0.773. The van der Waals surface area contributed by atoms with E-state index in [4.69, 9.17) is 94.7 Å². The van der Waals surface area contributed by atoms with Crippen molar-refractivity contribution in [3.8, 4) is 0 Å². The van der Waals surface area contributed by atoms with Crippen molar-refractivity contribution in [2.75, 3.05) is 52.9 Å². The third-order valence-corrected chi connectivity index (χ3v) is 34.5. The minimum absolute atomic E-state index is 0.0138. The summed E-state index contributed by atoms with van der Waals surface area (Å²) in [7, 11) is 0. The highest BCUT2D eigenvalue weighted by Gasteiger charge is 2.75. The minimum atomic E-state index is -2.36. The largest absolute Gasteiger partial charge is 0.458 e. The molecule has 0 radical (unpaired) electrons. The molecule has 0 spiro atoms. The first-order valence-electron chi connectivity index (χ1n) is 50.3. The fraction of sp³-hybridized carbons (Fsp3) is 0.906. The van der Waals surface area contributed by atoms with Crippen molar-refractivity contribution in [1.82, 2.24) is 0 Å². The molecule has 9 saturated heterocycles. The summed E-state index contributed by atoms with van der Waals surface area (Å²) in [6.07, 6.45) is -78.5. The molecule has 13 fully saturated rings. The van der Waals surface area contributed by atoms with E-state index in [1.165, 1.54) is 32.9 Å². The normalized spacial score (nSPS) is 51.1. The second-order valence-electron chi connectivity index (χ2n) is 44.2. The van der Waals surface area contributed by atoms with Crippen LogP contribution in [0.15, 0.2) is 36.0 Å². The van der Waals surface area contributed by atoms with E-state index in [0.717, 1.165) is 0 Å². The first-order chi connectivity index (χ1) is 68.5. The minimum Gasteiger partial charge on any atom is -0.458 e. The SMILES string of the molecule is C=CC(C)(CCC=C(C)C(=O)OC1CC2(C(=O)OC3OC(COC4OC(C)C(O)C(O)C4O)C(O)C(O)C3OC3OC(C)C(OC4OCC(O)C(OC5OCC(O)C(O)C5O)C4O)C(O)C3O)C(O)CC3(C)C(=CCC4C5(C)CC(O)C(OC6OC(CO)C(O)C(O)C6OC6OC(CO)C(O)C(O)C6O)C(C)(CO)C5CCC43C)C2CC1(C)C)OC1OCC(OC(=O)C(C)CC)C(OC2OC(CO)C(O)C(O)C2O)C1O. The predicted octanol–water partition coefficient (Wildman–Crippen LogP) is -9.25. The van der Waals surface area contributed by atoms with Crippen LogP contribution in [-0.4, -0.2) is 497 Å². The van der Waals surface area contributed by atoms with Crippen molar-refractivity contribution in [2.45, 2.75) is 435 Å². The smallest absolute Gasteiger partial charge is 0.333 e. The Kier molecular flexibility index (Phi) is 37.3. The van der Waals surface area contributed by atoms with Gasteiger partial charge in [0.2, 0.25) is 6.29 Å². The number of aliphatic hydroxyl groups is 27. The monoisotopic (exact) mass is 2110 g/mol. The number of hydrogen-bond donors (Lipinski definition) is 27. The molecule has 0 aromatic rings. The van der Waals surface area contributed by atoms with Crippen molar-refractivity contribution in [1.29, 1.82) is 0 Å². The van der Waals surface area contributed by atoms with E-state index in [0.29, 0.717) is 18.4 Å². The van der Waals surface area contributed by atoms with E-state index in [1.807, 2.05) is 26.8 Å². The molecule has 9 heterocycles. The van der Waals surface area contributed by atoms with Crippen molar-refractivity contribution < 1.29 is 247 Å². The van der Waals surface area contributed by atoms with Gasteiger partial charge in [0.15, 0.2) is 62.5 Å². The number of carbonyl (C=O) groups excluding carboxylic acids is 3. The molecule has 0 aromatic heterocycles. The number of allylic oxidation sites excluding steroid dienone is 3. The molecular weight excluding hydrogens is 1950 g/mol. The maximum Gasteiger partial charge on any atom is 0.333 e. The number of ether oxygens (including phenoxy) is 20. The Morgan fingerprint density at radius 3 is 1.58 bits per heavy atom. The molecule has 56 unspecified atom stereocenters. The van der Waals surface area contributed by atoms with Gasteiger partial charge in [-0.1, -0.05) is 79.2 Å². The van der Waals surface area contributed by atoms with Gasteiger partial charge in [-0.05, 0) is 119 Å². The van der Waals surface area contributed by atoms with Gasteiger partial charge in [-0.3, -0.25) is 9.59 Å². The zero-order chi connectivity index (χ0) is 107. The second kappa shape index (κ2) is 46.3. The van der Waals surface area contributed by atoms with Gasteiger partial charge in [0, 0.05) is 22.8 Å². The van der Waals surface area contributed by atoms with Crippen LogP contribution in [0, 0.1) is 56.2 Å². The molecule has 14 rings (SSSR count). The van der Waals surface area contributed by atoms with Crippen LogP contribution in [-0.2, 0) is 109 Å². The molecule has 0 amide bonds. The molecule has 14 aliphatic rings. The van der Waals surface area contributed by atoms with E-state index >= 15 is 9.59 Å². The summed E-state index contributed by atoms with van der Waals surface area (Å²) < 4.78 is 121. The van der Waals surface area contributed by atoms with Crippen molar-refractivity contribution in [3.63, 3.8) is 0 Å². The average molecular weight is 2110 g/mol. The summed E-state index contributed by atoms with van der Waals surface area (Å²) >= 11 is 0. The lowest BCUT2D eigenvalue weighted by molar-refractivity contribution is -0.384. The Morgan fingerprint density at radius 2 is 0.979 bits per heavy atom. The lowest BCUT2D eigenvalue weighted by Crippen LogP contribution is -2.71. The lowest BCUT2D eigenvalue weighted by Gasteiger charge is -2.72. The number of hydrogen-bond acceptors (Lipinski definition) is 50. The molecule has 4 saturated carbocycles. The topological polar surface area (TPSA) is 782 Å². The molecule has 9 aliphatic heterocycles. The highest BCUT2D eigenvalue weighted by atomic mass is 16.8. The summed E-state index contributed by atoms with van der Waals surface area (Å²) in [6.45, 7) is 18.4. The van der Waals surface area contributed by atoms with Gasteiger partial charge in [-0.2, -0.15) is 0 Å². The average Bonchev–Trinajstić information content (AvgIpc) is 0.664. The van der Waals surface area contributed by atoms with Gasteiger partial charge in [0.1, 0.15) is 189 Å². The van der Waals surface area contributed by atoms with Crippen LogP contribution in [0.2, 0.25) is 0 Å². The second-order valence-corrected chi connectivity index (χ2v) is 44.2. The third-order valence-electron chi connectivity index (χ3n) is 34.5. The van der Waals surface area contributed by atoms with E-state index in [-0.39, 0.29) is 50.5 Å². The standard InChI is InChI=1S/C96H154O50/c1-14-35(3)78(124)133-48-33-130-83(71(123)74(48)141-85-67(119)60(112)55(107)44(27-97)134-85)146-91(9,15-2)21-16-17-36(4)79(125)138-52-26-96(89(126)145-88-76(63(115)58(110)47(137-88)32-129-80-66(118)59(111)53(105)37(5)131-80)142-84-69(121)64(116)72(38(6)132-84)139-82-70(122)73(43(103)31-128-82)140-81-65(117)54(106)42(102)30-127-81)40(23-90(52,7)8)39-18-19-50-92(10)24-41(101)77(93(11,34-100)49(92)20-22-94(50,12)95(39,13)25-51(96)104)144-87-75(62(114)57(109)46(29-99)136-87)143-86-68(120)61(113)56(108)45(28-98)135-86/h15,17-18,35,37-38,40-77,80-88,97-123H,2,14,16,19-34H2,1,3-13H3. The summed E-state index contributed by atoms with van der Waals surface area (Å²) in [6, 6.07) is 0. The number of fused-ring (bicyclic) bond motifs is 7. The Morgan fingerprint density at radius 1 is 0.486 bits per heavy atom. The molecule has 50 heteroatoms. The van der Waals surface area contributed by atoms with Crippen molar-refractivity contribution in [3.05, 3.63) is 36.0 Å². The van der Waals surface area contributed by atoms with Crippen molar-refractivity contribution >= 4 is 17.9 Å². The van der Waals surface area contributed by atoms with Crippen LogP contribution in [0.5, 0.6) is 0 Å². The molecule has 0 aromatic carbocycles.